The van der Waals surface area contributed by atoms with Crippen LogP contribution < -0.4 is 4.90 Å². The van der Waals surface area contributed by atoms with Crippen molar-refractivity contribution in [2.45, 2.75) is 11.3 Å². The first-order valence-corrected chi connectivity index (χ1v) is 8.47. The van der Waals surface area contributed by atoms with Gasteiger partial charge in [0, 0.05) is 19.3 Å². The van der Waals surface area contributed by atoms with Crippen LogP contribution in [0.2, 0.25) is 0 Å². The van der Waals surface area contributed by atoms with Gasteiger partial charge >= 0.3 is 5.97 Å². The van der Waals surface area contributed by atoms with Crippen LogP contribution in [0, 0.1) is 0 Å². The predicted octanol–water partition coefficient (Wildman–Crippen LogP) is 2.47. The molecule has 7 heteroatoms. The summed E-state index contributed by atoms with van der Waals surface area (Å²) < 4.78 is 5.83. The fourth-order valence-electron chi connectivity index (χ4n) is 2.56. The number of hydrogen-bond acceptors (Lipinski definition) is 6. The normalized spacial score (nSPS) is 18.0. The van der Waals surface area contributed by atoms with Crippen molar-refractivity contribution in [3.63, 3.8) is 0 Å². The summed E-state index contributed by atoms with van der Waals surface area (Å²) in [4.78, 5) is 21.9. The number of aromatic nitrogens is 2. The molecule has 1 aliphatic heterocycles. The van der Waals surface area contributed by atoms with Crippen LogP contribution >= 0.6 is 11.8 Å². The molecular weight excluding hydrogens is 314 g/mol. The topological polar surface area (TPSA) is 75.5 Å². The van der Waals surface area contributed by atoms with E-state index in [4.69, 9.17) is 4.74 Å². The number of hydrogen-bond donors (Lipinski definition) is 1. The number of thioether (sulfide) groups is 1. The minimum Gasteiger partial charge on any atom is -0.477 e. The number of carboxylic acid groups (broad SMARTS) is 1. The van der Waals surface area contributed by atoms with Gasteiger partial charge in [-0.15, -0.1) is 0 Å². The van der Waals surface area contributed by atoms with Gasteiger partial charge in [-0.2, -0.15) is 0 Å². The van der Waals surface area contributed by atoms with Gasteiger partial charge in [0.15, 0.2) is 5.16 Å². The van der Waals surface area contributed by atoms with Crippen molar-refractivity contribution >= 4 is 23.5 Å². The van der Waals surface area contributed by atoms with E-state index in [9.17, 15) is 9.90 Å². The van der Waals surface area contributed by atoms with E-state index >= 15 is 0 Å². The minimum absolute atomic E-state index is 0.0979. The molecule has 1 aromatic heterocycles. The van der Waals surface area contributed by atoms with Gasteiger partial charge in [-0.3, -0.25) is 0 Å². The van der Waals surface area contributed by atoms with Crippen LogP contribution in [0.3, 0.4) is 0 Å². The van der Waals surface area contributed by atoms with Crippen molar-refractivity contribution < 1.29 is 14.6 Å². The summed E-state index contributed by atoms with van der Waals surface area (Å²) in [5.74, 6) is -0.559. The lowest BCUT2D eigenvalue weighted by Crippen LogP contribution is -2.39. The fraction of sp³-hybridized carbons (Fsp3) is 0.312. The second kappa shape index (κ2) is 6.97. The molecule has 1 aromatic carbocycles. The van der Waals surface area contributed by atoms with E-state index in [1.807, 2.05) is 41.5 Å². The first-order chi connectivity index (χ1) is 11.2. The third-order valence-corrected chi connectivity index (χ3v) is 4.26. The molecule has 0 amide bonds. The highest BCUT2D eigenvalue weighted by Crippen LogP contribution is 2.28. The largest absolute Gasteiger partial charge is 0.477 e. The molecular formula is C16H17N3O3S. The summed E-state index contributed by atoms with van der Waals surface area (Å²) in [6, 6.07) is 9.93. The van der Waals surface area contributed by atoms with Gasteiger partial charge in [0.2, 0.25) is 0 Å². The molecule has 0 spiro atoms. The van der Waals surface area contributed by atoms with Crippen LogP contribution in [0.5, 0.6) is 0 Å². The lowest BCUT2D eigenvalue weighted by molar-refractivity contribution is 0.0392. The number of anilines is 1. The first kappa shape index (κ1) is 15.8. The van der Waals surface area contributed by atoms with Crippen molar-refractivity contribution in [2.75, 3.05) is 30.9 Å². The number of carbonyl (C=O) groups is 1. The van der Waals surface area contributed by atoms with Crippen molar-refractivity contribution in [1.29, 1.82) is 0 Å². The molecule has 2 heterocycles. The Hall–Kier alpha value is -2.12. The summed E-state index contributed by atoms with van der Waals surface area (Å²) in [6.45, 7) is 1.70. The number of carboxylic acids is 1. The molecule has 1 unspecified atom stereocenters. The maximum absolute atomic E-state index is 11.5. The Balaban J connectivity index is 1.90. The highest BCUT2D eigenvalue weighted by molar-refractivity contribution is 7.98. The standard InChI is InChI=1S/C16H17N3O3S/c1-23-16-17-9-12(15(20)21)14(18-16)19-7-8-22-13(10-19)11-5-3-2-4-6-11/h2-6,9,13H,7-8,10H2,1H3,(H,20,21). The molecule has 0 radical (unpaired) electrons. The highest BCUT2D eigenvalue weighted by Gasteiger charge is 2.26. The third kappa shape index (κ3) is 3.46. The van der Waals surface area contributed by atoms with E-state index in [2.05, 4.69) is 9.97 Å². The molecule has 1 aliphatic rings. The Kier molecular flexibility index (Phi) is 4.78. The second-order valence-electron chi connectivity index (χ2n) is 5.12. The number of morpholine rings is 1. The third-order valence-electron chi connectivity index (χ3n) is 3.70. The van der Waals surface area contributed by atoms with Gasteiger partial charge in [0.05, 0.1) is 6.61 Å². The first-order valence-electron chi connectivity index (χ1n) is 7.25. The average molecular weight is 331 g/mol. The van der Waals surface area contributed by atoms with E-state index in [0.717, 1.165) is 5.56 Å². The van der Waals surface area contributed by atoms with Crippen molar-refractivity contribution in [1.82, 2.24) is 9.97 Å². The fourth-order valence-corrected chi connectivity index (χ4v) is 2.89. The van der Waals surface area contributed by atoms with Crippen molar-refractivity contribution in [2.24, 2.45) is 0 Å². The van der Waals surface area contributed by atoms with Gasteiger partial charge in [0.25, 0.3) is 0 Å². The van der Waals surface area contributed by atoms with Crippen molar-refractivity contribution in [3.05, 3.63) is 47.7 Å². The Bertz CT molecular complexity index is 696. The molecule has 3 rings (SSSR count). The highest BCUT2D eigenvalue weighted by atomic mass is 32.2. The van der Waals surface area contributed by atoms with Gasteiger partial charge in [-0.1, -0.05) is 42.1 Å². The minimum atomic E-state index is -1.02. The molecule has 0 aliphatic carbocycles. The van der Waals surface area contributed by atoms with E-state index < -0.39 is 5.97 Å². The molecule has 1 saturated heterocycles. The Morgan fingerprint density at radius 2 is 2.17 bits per heavy atom. The van der Waals surface area contributed by atoms with Gasteiger partial charge in [0.1, 0.15) is 17.5 Å². The van der Waals surface area contributed by atoms with Gasteiger partial charge in [-0.25, -0.2) is 14.8 Å². The maximum atomic E-state index is 11.5. The zero-order valence-electron chi connectivity index (χ0n) is 12.7. The van der Waals surface area contributed by atoms with Crippen LogP contribution in [0.15, 0.2) is 41.7 Å². The summed E-state index contributed by atoms with van der Waals surface area (Å²) in [5, 5.41) is 9.96. The number of rotatable bonds is 4. The van der Waals surface area contributed by atoms with Crippen LogP contribution in [0.1, 0.15) is 22.0 Å². The van der Waals surface area contributed by atoms with Gasteiger partial charge < -0.3 is 14.7 Å². The SMILES string of the molecule is CSc1ncc(C(=O)O)c(N2CCOC(c3ccccc3)C2)n1. The molecule has 0 bridgehead atoms. The van der Waals surface area contributed by atoms with E-state index in [1.165, 1.54) is 18.0 Å². The molecule has 23 heavy (non-hydrogen) atoms. The zero-order chi connectivity index (χ0) is 16.2. The van der Waals surface area contributed by atoms with E-state index in [-0.39, 0.29) is 11.7 Å². The van der Waals surface area contributed by atoms with Crippen LogP contribution in [0.4, 0.5) is 5.82 Å². The van der Waals surface area contributed by atoms with Crippen molar-refractivity contribution in [3.8, 4) is 0 Å². The summed E-state index contributed by atoms with van der Waals surface area (Å²) in [6.07, 6.45) is 3.15. The van der Waals surface area contributed by atoms with E-state index in [1.54, 1.807) is 0 Å². The number of nitrogens with zero attached hydrogens (tertiary/aromatic N) is 3. The summed E-state index contributed by atoms with van der Waals surface area (Å²) in [5.41, 5.74) is 1.20. The van der Waals surface area contributed by atoms with Crippen LogP contribution in [-0.4, -0.2) is 47.0 Å². The molecule has 0 saturated carbocycles. The summed E-state index contributed by atoms with van der Waals surface area (Å²) >= 11 is 1.39. The quantitative estimate of drug-likeness (QED) is 0.681. The Labute approximate surface area is 138 Å². The molecule has 1 atom stereocenters. The second-order valence-corrected chi connectivity index (χ2v) is 5.89. The zero-order valence-corrected chi connectivity index (χ0v) is 13.5. The lowest BCUT2D eigenvalue weighted by Gasteiger charge is -2.34. The van der Waals surface area contributed by atoms with Crippen LogP contribution in [0.25, 0.3) is 0 Å². The molecule has 1 fully saturated rings. The number of ether oxygens (including phenoxy) is 1. The smallest absolute Gasteiger partial charge is 0.341 e. The van der Waals surface area contributed by atoms with Crippen LogP contribution in [-0.2, 0) is 4.74 Å². The lowest BCUT2D eigenvalue weighted by atomic mass is 10.1. The Morgan fingerprint density at radius 3 is 2.87 bits per heavy atom. The molecule has 120 valence electrons. The van der Waals surface area contributed by atoms with Gasteiger partial charge in [-0.05, 0) is 11.8 Å². The predicted molar refractivity (Wildman–Crippen MR) is 88.1 cm³/mol. The van der Waals surface area contributed by atoms with E-state index in [0.29, 0.717) is 30.7 Å². The Morgan fingerprint density at radius 1 is 1.39 bits per heavy atom. The number of benzene rings is 1. The average Bonchev–Trinajstić information content (AvgIpc) is 2.62. The monoisotopic (exact) mass is 331 g/mol. The number of aromatic carboxylic acids is 1. The molecule has 1 N–H and O–H groups in total. The summed E-state index contributed by atoms with van der Waals surface area (Å²) in [7, 11) is 0. The molecule has 6 nitrogen and oxygen atoms in total. The molecule has 2 aromatic rings. The maximum Gasteiger partial charge on any atom is 0.341 e.